The van der Waals surface area contributed by atoms with Crippen molar-refractivity contribution in [3.05, 3.63) is 29.8 Å². The minimum absolute atomic E-state index is 0.136. The van der Waals surface area contributed by atoms with Gasteiger partial charge in [0.25, 0.3) is 0 Å². The first-order valence-corrected chi connectivity index (χ1v) is 4.95. The Morgan fingerprint density at radius 3 is 2.20 bits per heavy atom. The van der Waals surface area contributed by atoms with E-state index < -0.39 is 0 Å². The third kappa shape index (κ3) is 2.93. The van der Waals surface area contributed by atoms with Crippen LogP contribution in [0.3, 0.4) is 0 Å². The summed E-state index contributed by atoms with van der Waals surface area (Å²) in [6.45, 7) is 1.45. The number of hydrogen-bond donors (Lipinski definition) is 0. The van der Waals surface area contributed by atoms with Crippen molar-refractivity contribution in [2.24, 2.45) is 5.92 Å². The third-order valence-corrected chi connectivity index (χ3v) is 2.46. The van der Waals surface area contributed by atoms with Crippen molar-refractivity contribution in [3.63, 3.8) is 0 Å². The molecule has 2 unspecified atom stereocenters. The van der Waals surface area contributed by atoms with E-state index in [2.05, 4.69) is 0 Å². The van der Waals surface area contributed by atoms with E-state index in [0.29, 0.717) is 0 Å². The van der Waals surface area contributed by atoms with Gasteiger partial charge in [0.1, 0.15) is 5.75 Å². The largest absolute Gasteiger partial charge is 0.497 e. The smallest absolute Gasteiger partial charge is 0.118 e. The average molecular weight is 212 g/mol. The van der Waals surface area contributed by atoms with Crippen molar-refractivity contribution in [1.82, 2.24) is 0 Å². The molecule has 1 aromatic carbocycles. The first-order valence-electron chi connectivity index (χ1n) is 4.95. The van der Waals surface area contributed by atoms with E-state index >= 15 is 0 Å². The SMILES string of the molecule is COc1ccc(C(OC)C(C)CF)cc1. The van der Waals surface area contributed by atoms with Gasteiger partial charge in [-0.2, -0.15) is 0 Å². The highest BCUT2D eigenvalue weighted by molar-refractivity contribution is 5.28. The lowest BCUT2D eigenvalue weighted by molar-refractivity contribution is 0.0479. The van der Waals surface area contributed by atoms with Crippen molar-refractivity contribution in [2.75, 3.05) is 20.9 Å². The molecule has 0 aromatic heterocycles. The zero-order chi connectivity index (χ0) is 11.3. The Morgan fingerprint density at radius 2 is 1.80 bits per heavy atom. The summed E-state index contributed by atoms with van der Waals surface area (Å²) in [4.78, 5) is 0. The van der Waals surface area contributed by atoms with E-state index in [1.54, 1.807) is 14.2 Å². The van der Waals surface area contributed by atoms with Gasteiger partial charge in [-0.15, -0.1) is 0 Å². The summed E-state index contributed by atoms with van der Waals surface area (Å²) in [5, 5.41) is 0. The molecule has 0 aliphatic carbocycles. The maximum atomic E-state index is 12.6. The number of halogens is 1. The topological polar surface area (TPSA) is 18.5 Å². The molecule has 0 N–H and O–H groups in total. The molecule has 3 heteroatoms. The van der Waals surface area contributed by atoms with E-state index in [1.807, 2.05) is 31.2 Å². The quantitative estimate of drug-likeness (QED) is 0.747. The molecule has 0 aliphatic heterocycles. The lowest BCUT2D eigenvalue weighted by atomic mass is 9.98. The zero-order valence-corrected chi connectivity index (χ0v) is 9.37. The molecule has 0 radical (unpaired) electrons. The summed E-state index contributed by atoms with van der Waals surface area (Å²) in [5.74, 6) is 0.657. The van der Waals surface area contributed by atoms with Crippen LogP contribution in [0.25, 0.3) is 0 Å². The van der Waals surface area contributed by atoms with Crippen LogP contribution in [-0.4, -0.2) is 20.9 Å². The van der Waals surface area contributed by atoms with Crippen molar-refractivity contribution in [2.45, 2.75) is 13.0 Å². The third-order valence-electron chi connectivity index (χ3n) is 2.46. The van der Waals surface area contributed by atoms with Crippen LogP contribution in [0.2, 0.25) is 0 Å². The van der Waals surface area contributed by atoms with Gasteiger partial charge in [0.15, 0.2) is 0 Å². The van der Waals surface area contributed by atoms with Crippen LogP contribution < -0.4 is 4.74 Å². The fourth-order valence-electron chi connectivity index (χ4n) is 1.57. The van der Waals surface area contributed by atoms with Crippen molar-refractivity contribution in [3.8, 4) is 5.75 Å². The van der Waals surface area contributed by atoms with Gasteiger partial charge in [-0.1, -0.05) is 19.1 Å². The Kier molecular flexibility index (Phi) is 4.56. The summed E-state index contributed by atoms with van der Waals surface area (Å²) < 4.78 is 22.9. The molecule has 0 bridgehead atoms. The lowest BCUT2D eigenvalue weighted by Crippen LogP contribution is -2.13. The summed E-state index contributed by atoms with van der Waals surface area (Å²) in [6.07, 6.45) is -0.194. The molecule has 2 nitrogen and oxygen atoms in total. The molecule has 0 heterocycles. The molecule has 2 atom stereocenters. The highest BCUT2D eigenvalue weighted by Gasteiger charge is 2.18. The van der Waals surface area contributed by atoms with Crippen LogP contribution in [0, 0.1) is 5.92 Å². The van der Waals surface area contributed by atoms with E-state index in [9.17, 15) is 4.39 Å². The van der Waals surface area contributed by atoms with Gasteiger partial charge >= 0.3 is 0 Å². The van der Waals surface area contributed by atoms with E-state index in [-0.39, 0.29) is 18.7 Å². The van der Waals surface area contributed by atoms with Crippen LogP contribution in [0.1, 0.15) is 18.6 Å². The number of alkyl halides is 1. The number of rotatable bonds is 5. The second-order valence-corrected chi connectivity index (χ2v) is 3.56. The van der Waals surface area contributed by atoms with E-state index in [0.717, 1.165) is 11.3 Å². The number of hydrogen-bond acceptors (Lipinski definition) is 2. The predicted molar refractivity (Wildman–Crippen MR) is 57.9 cm³/mol. The van der Waals surface area contributed by atoms with Gasteiger partial charge in [0.2, 0.25) is 0 Å². The molecular formula is C12H17FO2. The second kappa shape index (κ2) is 5.71. The normalized spacial score (nSPS) is 14.7. The van der Waals surface area contributed by atoms with Crippen LogP contribution in [0.15, 0.2) is 24.3 Å². The van der Waals surface area contributed by atoms with Gasteiger partial charge in [-0.05, 0) is 17.7 Å². The standard InChI is InChI=1S/C12H17FO2/c1-9(8-13)12(15-3)10-4-6-11(14-2)7-5-10/h4-7,9,12H,8H2,1-3H3. The molecule has 0 spiro atoms. The van der Waals surface area contributed by atoms with Crippen molar-refractivity contribution >= 4 is 0 Å². The Labute approximate surface area is 90.0 Å². The van der Waals surface area contributed by atoms with Gasteiger partial charge in [-0.25, -0.2) is 0 Å². The first kappa shape index (κ1) is 12.0. The highest BCUT2D eigenvalue weighted by Crippen LogP contribution is 2.27. The van der Waals surface area contributed by atoms with E-state index in [1.165, 1.54) is 0 Å². The summed E-state index contributed by atoms with van der Waals surface area (Å²) in [5.41, 5.74) is 0.975. The zero-order valence-electron chi connectivity index (χ0n) is 9.37. The molecule has 0 saturated carbocycles. The average Bonchev–Trinajstić information content (AvgIpc) is 2.30. The van der Waals surface area contributed by atoms with Gasteiger partial charge in [0.05, 0.1) is 19.9 Å². The maximum absolute atomic E-state index is 12.6. The molecule has 0 fully saturated rings. The Morgan fingerprint density at radius 1 is 1.20 bits per heavy atom. The monoisotopic (exact) mass is 212 g/mol. The lowest BCUT2D eigenvalue weighted by Gasteiger charge is -2.20. The number of methoxy groups -OCH3 is 2. The van der Waals surface area contributed by atoms with Gasteiger partial charge in [-0.3, -0.25) is 4.39 Å². The molecule has 0 aliphatic rings. The molecule has 15 heavy (non-hydrogen) atoms. The van der Waals surface area contributed by atoms with Crippen LogP contribution in [0.4, 0.5) is 4.39 Å². The van der Waals surface area contributed by atoms with Crippen LogP contribution >= 0.6 is 0 Å². The molecule has 1 rings (SSSR count). The van der Waals surface area contributed by atoms with E-state index in [4.69, 9.17) is 9.47 Å². The Balaban J connectivity index is 2.83. The van der Waals surface area contributed by atoms with Crippen LogP contribution in [0.5, 0.6) is 5.75 Å². The van der Waals surface area contributed by atoms with Gasteiger partial charge < -0.3 is 9.47 Å². The Hall–Kier alpha value is -1.09. The Bertz CT molecular complexity index is 284. The molecule has 0 saturated heterocycles. The van der Waals surface area contributed by atoms with Crippen molar-refractivity contribution < 1.29 is 13.9 Å². The number of benzene rings is 1. The summed E-state index contributed by atoms with van der Waals surface area (Å²) >= 11 is 0. The second-order valence-electron chi connectivity index (χ2n) is 3.56. The molecule has 84 valence electrons. The molecule has 0 amide bonds. The predicted octanol–water partition coefficient (Wildman–Crippen LogP) is 2.99. The molecule has 1 aromatic rings. The van der Waals surface area contributed by atoms with Crippen LogP contribution in [-0.2, 0) is 4.74 Å². The highest BCUT2D eigenvalue weighted by atomic mass is 19.1. The van der Waals surface area contributed by atoms with Gasteiger partial charge in [0, 0.05) is 13.0 Å². The molecular weight excluding hydrogens is 195 g/mol. The fourth-order valence-corrected chi connectivity index (χ4v) is 1.57. The number of ether oxygens (including phenoxy) is 2. The summed E-state index contributed by atoms with van der Waals surface area (Å²) in [7, 11) is 3.22. The summed E-state index contributed by atoms with van der Waals surface area (Å²) in [6, 6.07) is 7.51. The first-order chi connectivity index (χ1) is 7.22. The van der Waals surface area contributed by atoms with Crippen molar-refractivity contribution in [1.29, 1.82) is 0 Å². The fraction of sp³-hybridized carbons (Fsp3) is 0.500. The maximum Gasteiger partial charge on any atom is 0.118 e. The minimum atomic E-state index is -0.384. The minimum Gasteiger partial charge on any atom is -0.497 e.